The van der Waals surface area contributed by atoms with E-state index in [0.29, 0.717) is 12.8 Å². The van der Waals surface area contributed by atoms with Gasteiger partial charge in [-0.3, -0.25) is 4.79 Å². The molecule has 0 bridgehead atoms. The van der Waals surface area contributed by atoms with Crippen molar-refractivity contribution in [2.24, 2.45) is 0 Å². The van der Waals surface area contributed by atoms with Crippen molar-refractivity contribution in [2.75, 3.05) is 13.2 Å². The van der Waals surface area contributed by atoms with Gasteiger partial charge < -0.3 is 15.5 Å². The molecule has 0 heterocycles. The molecule has 0 aliphatic rings. The number of aliphatic hydroxyl groups excluding tert-OH is 2. The monoisotopic (exact) mass is 401 g/mol. The highest BCUT2D eigenvalue weighted by Crippen LogP contribution is 1.97. The maximum atomic E-state index is 11.5. The molecule has 1 unspecified atom stereocenters. The Balaban J connectivity index is 3.58. The second-order valence-corrected chi connectivity index (χ2v) is 6.59. The molecule has 4 heteroatoms. The van der Waals surface area contributed by atoms with Crippen molar-refractivity contribution < 1.29 is 15.0 Å². The number of nitrogens with one attached hydrogen (secondary N) is 1. The molecule has 29 heavy (non-hydrogen) atoms. The van der Waals surface area contributed by atoms with Gasteiger partial charge in [0, 0.05) is 13.0 Å². The molecule has 0 spiro atoms. The van der Waals surface area contributed by atoms with Gasteiger partial charge in [0.15, 0.2) is 0 Å². The zero-order valence-corrected chi connectivity index (χ0v) is 17.9. The Bertz CT molecular complexity index is 556. The Labute approximate surface area is 177 Å². The van der Waals surface area contributed by atoms with Crippen LogP contribution in [-0.2, 0) is 4.79 Å². The van der Waals surface area contributed by atoms with Crippen LogP contribution in [0, 0.1) is 0 Å². The van der Waals surface area contributed by atoms with E-state index in [1.165, 1.54) is 0 Å². The lowest BCUT2D eigenvalue weighted by Gasteiger charge is -2.07. The van der Waals surface area contributed by atoms with Gasteiger partial charge in [0.2, 0.25) is 5.91 Å². The van der Waals surface area contributed by atoms with Gasteiger partial charge in [-0.25, -0.2) is 0 Å². The van der Waals surface area contributed by atoms with Crippen LogP contribution >= 0.6 is 0 Å². The summed E-state index contributed by atoms with van der Waals surface area (Å²) >= 11 is 0. The van der Waals surface area contributed by atoms with Gasteiger partial charge >= 0.3 is 0 Å². The SMILES string of the molecule is CCC=CCC=CCC=CCC=CCC=CCC=CCCC(=O)NCC(O)CO. The molecule has 0 aromatic rings. The van der Waals surface area contributed by atoms with Crippen LogP contribution in [0.1, 0.15) is 58.3 Å². The summed E-state index contributed by atoms with van der Waals surface area (Å²) in [6.07, 6.45) is 31.9. The smallest absolute Gasteiger partial charge is 0.220 e. The van der Waals surface area contributed by atoms with Gasteiger partial charge in [0.1, 0.15) is 0 Å². The van der Waals surface area contributed by atoms with Crippen molar-refractivity contribution in [3.63, 3.8) is 0 Å². The molecular formula is C25H39NO3. The van der Waals surface area contributed by atoms with E-state index in [9.17, 15) is 4.79 Å². The second kappa shape index (κ2) is 22.1. The van der Waals surface area contributed by atoms with Crippen LogP contribution in [-0.4, -0.2) is 35.4 Å². The van der Waals surface area contributed by atoms with E-state index in [4.69, 9.17) is 10.2 Å². The number of carbonyl (C=O) groups is 1. The number of allylic oxidation sites excluding steroid dienone is 12. The minimum atomic E-state index is -0.884. The average molecular weight is 402 g/mol. The van der Waals surface area contributed by atoms with Crippen molar-refractivity contribution >= 4 is 5.91 Å². The predicted octanol–water partition coefficient (Wildman–Crippen LogP) is 4.93. The van der Waals surface area contributed by atoms with E-state index in [0.717, 1.165) is 38.5 Å². The van der Waals surface area contributed by atoms with Crippen LogP contribution in [0.5, 0.6) is 0 Å². The quantitative estimate of drug-likeness (QED) is 0.303. The number of hydrogen-bond donors (Lipinski definition) is 3. The molecule has 0 rings (SSSR count). The van der Waals surface area contributed by atoms with E-state index in [2.05, 4.69) is 73.0 Å². The fourth-order valence-electron chi connectivity index (χ4n) is 2.24. The minimum Gasteiger partial charge on any atom is -0.394 e. The summed E-state index contributed by atoms with van der Waals surface area (Å²) in [6, 6.07) is 0. The third-order valence-corrected chi connectivity index (χ3v) is 3.88. The van der Waals surface area contributed by atoms with Crippen molar-refractivity contribution in [2.45, 2.75) is 64.4 Å². The van der Waals surface area contributed by atoms with Crippen molar-refractivity contribution in [3.8, 4) is 0 Å². The van der Waals surface area contributed by atoms with E-state index in [1.807, 2.05) is 12.2 Å². The van der Waals surface area contributed by atoms with Crippen molar-refractivity contribution in [3.05, 3.63) is 72.9 Å². The molecule has 3 N–H and O–H groups in total. The van der Waals surface area contributed by atoms with Crippen LogP contribution in [0.4, 0.5) is 0 Å². The van der Waals surface area contributed by atoms with Crippen LogP contribution in [0.15, 0.2) is 72.9 Å². The highest BCUT2D eigenvalue weighted by molar-refractivity contribution is 5.75. The Morgan fingerprint density at radius 2 is 1.17 bits per heavy atom. The number of rotatable bonds is 17. The van der Waals surface area contributed by atoms with Crippen LogP contribution < -0.4 is 5.32 Å². The van der Waals surface area contributed by atoms with E-state index in [1.54, 1.807) is 0 Å². The summed E-state index contributed by atoms with van der Waals surface area (Å²) in [5, 5.41) is 20.4. The number of carbonyl (C=O) groups excluding carboxylic acids is 1. The minimum absolute atomic E-state index is 0.0963. The molecular weight excluding hydrogens is 362 g/mol. The zero-order valence-electron chi connectivity index (χ0n) is 17.9. The third kappa shape index (κ3) is 22.0. The molecule has 0 radical (unpaired) electrons. The maximum Gasteiger partial charge on any atom is 0.220 e. The fraction of sp³-hybridized carbons (Fsp3) is 0.480. The molecule has 0 saturated heterocycles. The number of aliphatic hydroxyl groups is 2. The van der Waals surface area contributed by atoms with Crippen LogP contribution in [0.3, 0.4) is 0 Å². The lowest BCUT2D eigenvalue weighted by Crippen LogP contribution is -2.33. The third-order valence-electron chi connectivity index (χ3n) is 3.88. The Morgan fingerprint density at radius 1 is 0.759 bits per heavy atom. The summed E-state index contributed by atoms with van der Waals surface area (Å²) in [5.41, 5.74) is 0. The van der Waals surface area contributed by atoms with Gasteiger partial charge in [-0.05, 0) is 44.9 Å². The first kappa shape index (κ1) is 26.8. The second-order valence-electron chi connectivity index (χ2n) is 6.59. The Hall–Kier alpha value is -2.17. The van der Waals surface area contributed by atoms with Gasteiger partial charge in [-0.1, -0.05) is 79.8 Å². The fourth-order valence-corrected chi connectivity index (χ4v) is 2.24. The Kier molecular flexibility index (Phi) is 20.5. The van der Waals surface area contributed by atoms with Crippen molar-refractivity contribution in [1.29, 1.82) is 0 Å². The maximum absolute atomic E-state index is 11.5. The summed E-state index contributed by atoms with van der Waals surface area (Å²) in [6.45, 7) is 1.90. The first-order valence-corrected chi connectivity index (χ1v) is 10.7. The van der Waals surface area contributed by atoms with E-state index >= 15 is 0 Å². The van der Waals surface area contributed by atoms with Crippen LogP contribution in [0.2, 0.25) is 0 Å². The topological polar surface area (TPSA) is 69.6 Å². The van der Waals surface area contributed by atoms with Gasteiger partial charge in [0.05, 0.1) is 12.7 Å². The van der Waals surface area contributed by atoms with Crippen LogP contribution in [0.25, 0.3) is 0 Å². The summed E-state index contributed by atoms with van der Waals surface area (Å²) in [7, 11) is 0. The van der Waals surface area contributed by atoms with E-state index < -0.39 is 6.10 Å². The molecule has 1 amide bonds. The molecule has 162 valence electrons. The molecule has 0 aliphatic heterocycles. The first-order valence-electron chi connectivity index (χ1n) is 10.7. The predicted molar refractivity (Wildman–Crippen MR) is 124 cm³/mol. The molecule has 4 nitrogen and oxygen atoms in total. The summed E-state index contributed by atoms with van der Waals surface area (Å²) in [5.74, 6) is -0.114. The largest absolute Gasteiger partial charge is 0.394 e. The first-order chi connectivity index (χ1) is 14.2. The standard InChI is InChI=1S/C25H39NO3/c1-2-3-4-5-6-7-8-9-10-11-12-13-14-15-16-17-18-19-20-21-25(29)26-22-24(28)23-27/h3-4,6-7,9-10,12-13,15-16,18-19,24,27-28H,2,5,8,11,14,17,20-23H2,1H3,(H,26,29). The van der Waals surface area contributed by atoms with Gasteiger partial charge in [-0.15, -0.1) is 0 Å². The van der Waals surface area contributed by atoms with Gasteiger partial charge in [0.25, 0.3) is 0 Å². The molecule has 0 saturated carbocycles. The molecule has 0 aromatic heterocycles. The zero-order chi connectivity index (χ0) is 21.4. The number of amides is 1. The lowest BCUT2D eigenvalue weighted by molar-refractivity contribution is -0.121. The normalized spacial score (nSPS) is 13.9. The Morgan fingerprint density at radius 3 is 1.59 bits per heavy atom. The molecule has 0 aliphatic carbocycles. The summed E-state index contributed by atoms with van der Waals surface area (Å²) < 4.78 is 0. The highest BCUT2D eigenvalue weighted by Gasteiger charge is 2.04. The molecule has 0 fully saturated rings. The van der Waals surface area contributed by atoms with E-state index in [-0.39, 0.29) is 19.1 Å². The molecule has 0 aromatic carbocycles. The summed E-state index contributed by atoms with van der Waals surface area (Å²) in [4.78, 5) is 11.5. The highest BCUT2D eigenvalue weighted by atomic mass is 16.3. The molecule has 1 atom stereocenters. The lowest BCUT2D eigenvalue weighted by atomic mass is 10.2. The number of hydrogen-bond acceptors (Lipinski definition) is 3. The van der Waals surface area contributed by atoms with Crippen molar-refractivity contribution in [1.82, 2.24) is 5.32 Å². The average Bonchev–Trinajstić information content (AvgIpc) is 2.73. The van der Waals surface area contributed by atoms with Gasteiger partial charge in [-0.2, -0.15) is 0 Å².